The second-order valence-electron chi connectivity index (χ2n) is 5.52. The highest BCUT2D eigenvalue weighted by Gasteiger charge is 2.12. The Balaban J connectivity index is 1.64. The maximum Gasteiger partial charge on any atom is 0.185 e. The molecule has 0 spiro atoms. The zero-order valence-electron chi connectivity index (χ0n) is 13.0. The Labute approximate surface area is 142 Å². The monoisotopic (exact) mass is 327 g/mol. The molecule has 0 aromatic heterocycles. The number of para-hydroxylation sites is 3. The lowest BCUT2D eigenvalue weighted by molar-refractivity contribution is 0.196. The lowest BCUT2D eigenvalue weighted by Crippen LogP contribution is -2.46. The first-order chi connectivity index (χ1) is 11.3. The largest absolute Gasteiger partial charge is 0.455 e. The number of rotatable bonds is 4. The van der Waals surface area contributed by atoms with E-state index in [1.165, 1.54) is 19.3 Å². The summed E-state index contributed by atoms with van der Waals surface area (Å²) in [5.41, 5.74) is 4.11. The van der Waals surface area contributed by atoms with E-state index in [2.05, 4.69) is 15.8 Å². The minimum atomic E-state index is 0.594. The fourth-order valence-electron chi connectivity index (χ4n) is 2.57. The molecule has 5 heteroatoms. The highest BCUT2D eigenvalue weighted by atomic mass is 32.1. The zero-order valence-corrected chi connectivity index (χ0v) is 13.8. The molecule has 1 fully saturated rings. The van der Waals surface area contributed by atoms with Crippen LogP contribution in [0.1, 0.15) is 19.3 Å². The number of piperidine rings is 1. The van der Waals surface area contributed by atoms with Crippen molar-refractivity contribution in [1.82, 2.24) is 10.4 Å². The lowest BCUT2D eigenvalue weighted by Gasteiger charge is -2.28. The van der Waals surface area contributed by atoms with Crippen LogP contribution >= 0.6 is 12.2 Å². The van der Waals surface area contributed by atoms with Gasteiger partial charge in [-0.3, -0.25) is 5.43 Å². The Bertz CT molecular complexity index is 642. The van der Waals surface area contributed by atoms with E-state index < -0.39 is 0 Å². The van der Waals surface area contributed by atoms with Crippen LogP contribution in [0.25, 0.3) is 0 Å². The maximum absolute atomic E-state index is 5.94. The Morgan fingerprint density at radius 3 is 2.39 bits per heavy atom. The standard InChI is InChI=1S/C18H21N3OS/c23-18(20-21-13-7-2-8-14-21)19-16-11-5-6-12-17(16)22-15-9-3-1-4-10-15/h1,3-6,9-12H,2,7-8,13-14H2,(H2,19,20,23). The van der Waals surface area contributed by atoms with E-state index in [0.29, 0.717) is 5.11 Å². The Kier molecular flexibility index (Phi) is 5.45. The van der Waals surface area contributed by atoms with E-state index in [4.69, 9.17) is 17.0 Å². The van der Waals surface area contributed by atoms with Gasteiger partial charge in [-0.05, 0) is 49.3 Å². The van der Waals surface area contributed by atoms with Crippen LogP contribution in [-0.4, -0.2) is 23.2 Å². The molecule has 3 rings (SSSR count). The first-order valence-corrected chi connectivity index (χ1v) is 8.36. The second-order valence-corrected chi connectivity index (χ2v) is 5.93. The van der Waals surface area contributed by atoms with Gasteiger partial charge in [-0.1, -0.05) is 36.8 Å². The number of benzene rings is 2. The van der Waals surface area contributed by atoms with Crippen molar-refractivity contribution in [2.45, 2.75) is 19.3 Å². The molecule has 1 heterocycles. The SMILES string of the molecule is S=C(Nc1ccccc1Oc1ccccc1)NN1CCCCC1. The molecule has 0 aliphatic carbocycles. The molecule has 0 unspecified atom stereocenters. The van der Waals surface area contributed by atoms with Gasteiger partial charge in [-0.15, -0.1) is 0 Å². The number of hydrogen-bond donors (Lipinski definition) is 2. The van der Waals surface area contributed by atoms with Crippen LogP contribution in [0.5, 0.6) is 11.5 Å². The van der Waals surface area contributed by atoms with Gasteiger partial charge in [0.25, 0.3) is 0 Å². The molecule has 23 heavy (non-hydrogen) atoms. The molecule has 1 saturated heterocycles. The number of anilines is 1. The molecule has 0 atom stereocenters. The summed E-state index contributed by atoms with van der Waals surface area (Å²) in [6, 6.07) is 17.5. The third-order valence-electron chi connectivity index (χ3n) is 3.72. The van der Waals surface area contributed by atoms with Crippen molar-refractivity contribution >= 4 is 23.0 Å². The van der Waals surface area contributed by atoms with Gasteiger partial charge in [0.05, 0.1) is 5.69 Å². The molecular weight excluding hydrogens is 306 g/mol. The van der Waals surface area contributed by atoms with Gasteiger partial charge in [0.2, 0.25) is 0 Å². The molecule has 2 aromatic carbocycles. The van der Waals surface area contributed by atoms with Crippen molar-refractivity contribution < 1.29 is 4.74 Å². The van der Waals surface area contributed by atoms with Gasteiger partial charge >= 0.3 is 0 Å². The van der Waals surface area contributed by atoms with Crippen molar-refractivity contribution in [3.63, 3.8) is 0 Å². The summed E-state index contributed by atoms with van der Waals surface area (Å²) in [7, 11) is 0. The molecule has 120 valence electrons. The molecule has 0 radical (unpaired) electrons. The Hall–Kier alpha value is -2.11. The summed E-state index contributed by atoms with van der Waals surface area (Å²) in [6.45, 7) is 2.06. The second kappa shape index (κ2) is 7.94. The van der Waals surface area contributed by atoms with E-state index in [-0.39, 0.29) is 0 Å². The molecule has 0 saturated carbocycles. The van der Waals surface area contributed by atoms with Crippen LogP contribution in [0.4, 0.5) is 5.69 Å². The van der Waals surface area contributed by atoms with Crippen LogP contribution in [0.15, 0.2) is 54.6 Å². The van der Waals surface area contributed by atoms with Gasteiger partial charge in [-0.25, -0.2) is 5.01 Å². The van der Waals surface area contributed by atoms with Crippen LogP contribution in [-0.2, 0) is 0 Å². The highest BCUT2D eigenvalue weighted by molar-refractivity contribution is 7.80. The van der Waals surface area contributed by atoms with Gasteiger partial charge in [0.15, 0.2) is 10.9 Å². The summed E-state index contributed by atoms with van der Waals surface area (Å²) in [5.74, 6) is 1.55. The van der Waals surface area contributed by atoms with Crippen molar-refractivity contribution in [3.05, 3.63) is 54.6 Å². The number of hydrogen-bond acceptors (Lipinski definition) is 3. The number of nitrogens with one attached hydrogen (secondary N) is 2. The van der Waals surface area contributed by atoms with Gasteiger partial charge in [-0.2, -0.15) is 0 Å². The highest BCUT2D eigenvalue weighted by Crippen LogP contribution is 2.29. The smallest absolute Gasteiger partial charge is 0.185 e. The van der Waals surface area contributed by atoms with Crippen molar-refractivity contribution in [3.8, 4) is 11.5 Å². The van der Waals surface area contributed by atoms with Gasteiger partial charge < -0.3 is 10.1 Å². The van der Waals surface area contributed by atoms with E-state index >= 15 is 0 Å². The minimum Gasteiger partial charge on any atom is -0.455 e. The van der Waals surface area contributed by atoms with Crippen molar-refractivity contribution in [1.29, 1.82) is 0 Å². The predicted molar refractivity (Wildman–Crippen MR) is 97.7 cm³/mol. The summed E-state index contributed by atoms with van der Waals surface area (Å²) < 4.78 is 5.94. The van der Waals surface area contributed by atoms with Crippen LogP contribution in [0, 0.1) is 0 Å². The molecule has 1 aliphatic heterocycles. The third-order valence-corrected chi connectivity index (χ3v) is 3.92. The van der Waals surface area contributed by atoms with Crippen LogP contribution in [0.2, 0.25) is 0 Å². The van der Waals surface area contributed by atoms with Crippen molar-refractivity contribution in [2.75, 3.05) is 18.4 Å². The number of hydrazine groups is 1. The molecule has 0 amide bonds. The molecule has 2 N–H and O–H groups in total. The molecule has 2 aromatic rings. The number of thiocarbonyl (C=S) groups is 1. The summed E-state index contributed by atoms with van der Waals surface area (Å²) >= 11 is 5.42. The van der Waals surface area contributed by atoms with Crippen LogP contribution < -0.4 is 15.5 Å². The fraction of sp³-hybridized carbons (Fsp3) is 0.278. The van der Waals surface area contributed by atoms with Crippen LogP contribution in [0.3, 0.4) is 0 Å². The Morgan fingerprint density at radius 1 is 0.913 bits per heavy atom. The predicted octanol–water partition coefficient (Wildman–Crippen LogP) is 4.17. The first-order valence-electron chi connectivity index (χ1n) is 7.96. The molecular formula is C18H21N3OS. The van der Waals surface area contributed by atoms with E-state index in [1.807, 2.05) is 54.6 Å². The lowest BCUT2D eigenvalue weighted by atomic mass is 10.2. The topological polar surface area (TPSA) is 36.5 Å². The zero-order chi connectivity index (χ0) is 15.9. The van der Waals surface area contributed by atoms with Gasteiger partial charge in [0, 0.05) is 13.1 Å². The number of ether oxygens (including phenoxy) is 1. The average molecular weight is 327 g/mol. The number of nitrogens with zero attached hydrogens (tertiary/aromatic N) is 1. The first kappa shape index (κ1) is 15.8. The van der Waals surface area contributed by atoms with E-state index in [9.17, 15) is 0 Å². The van der Waals surface area contributed by atoms with Crippen molar-refractivity contribution in [2.24, 2.45) is 0 Å². The van der Waals surface area contributed by atoms with Gasteiger partial charge in [0.1, 0.15) is 5.75 Å². The normalized spacial score (nSPS) is 15.0. The average Bonchev–Trinajstić information content (AvgIpc) is 2.58. The molecule has 0 bridgehead atoms. The fourth-order valence-corrected chi connectivity index (χ4v) is 2.81. The summed E-state index contributed by atoms with van der Waals surface area (Å²) in [4.78, 5) is 0. The minimum absolute atomic E-state index is 0.594. The third kappa shape index (κ3) is 4.68. The maximum atomic E-state index is 5.94. The molecule has 4 nitrogen and oxygen atoms in total. The Morgan fingerprint density at radius 2 is 1.61 bits per heavy atom. The summed E-state index contributed by atoms with van der Waals surface area (Å²) in [6.07, 6.45) is 3.72. The summed E-state index contributed by atoms with van der Waals surface area (Å²) in [5, 5.41) is 5.99. The molecule has 1 aliphatic rings. The van der Waals surface area contributed by atoms with E-state index in [0.717, 1.165) is 30.3 Å². The van der Waals surface area contributed by atoms with E-state index in [1.54, 1.807) is 0 Å². The quantitative estimate of drug-likeness (QED) is 0.825.